The number of nitrogens with zero attached hydrogens (tertiary/aromatic N) is 1. The molecule has 17 heavy (non-hydrogen) atoms. The minimum Gasteiger partial charge on any atom is -0.508 e. The Morgan fingerprint density at radius 3 is 2.88 bits per heavy atom. The molecule has 4 heteroatoms. The van der Waals surface area contributed by atoms with Gasteiger partial charge in [-0.3, -0.25) is 4.90 Å². The number of fused-ring (bicyclic) bond motifs is 1. The lowest BCUT2D eigenvalue weighted by Crippen LogP contribution is -2.42. The molecule has 3 rings (SSSR count). The molecule has 0 bridgehead atoms. The van der Waals surface area contributed by atoms with Crippen LogP contribution in [-0.2, 0) is 6.54 Å². The summed E-state index contributed by atoms with van der Waals surface area (Å²) in [5.41, 5.74) is 0.841. The minimum absolute atomic E-state index is 0.284. The average Bonchev–Trinajstić information content (AvgIpc) is 2.71. The van der Waals surface area contributed by atoms with Gasteiger partial charge < -0.3 is 14.8 Å². The van der Waals surface area contributed by atoms with Crippen molar-refractivity contribution in [2.24, 2.45) is 0 Å². The standard InChI is InChI=1S/C13H16N2O2/c16-11-1-2-13-10(7-11)8-12(17-13)9-15-5-3-14-4-6-15/h1-2,7-8,14,16H,3-6,9H2. The molecule has 1 aliphatic rings. The van der Waals surface area contributed by atoms with Crippen molar-refractivity contribution in [3.63, 3.8) is 0 Å². The third kappa shape index (κ3) is 2.28. The van der Waals surface area contributed by atoms with Crippen molar-refractivity contribution >= 4 is 11.0 Å². The number of nitrogens with one attached hydrogen (secondary N) is 1. The van der Waals surface area contributed by atoms with E-state index in [0.29, 0.717) is 0 Å². The fourth-order valence-electron chi connectivity index (χ4n) is 2.25. The minimum atomic E-state index is 0.284. The summed E-state index contributed by atoms with van der Waals surface area (Å²) in [4.78, 5) is 2.37. The lowest BCUT2D eigenvalue weighted by atomic mass is 10.2. The molecule has 1 aromatic carbocycles. The van der Waals surface area contributed by atoms with E-state index in [4.69, 9.17) is 4.42 Å². The van der Waals surface area contributed by atoms with Crippen LogP contribution >= 0.6 is 0 Å². The van der Waals surface area contributed by atoms with Crippen molar-refractivity contribution < 1.29 is 9.52 Å². The van der Waals surface area contributed by atoms with E-state index in [-0.39, 0.29) is 5.75 Å². The van der Waals surface area contributed by atoms with Crippen molar-refractivity contribution in [3.05, 3.63) is 30.0 Å². The molecule has 0 radical (unpaired) electrons. The topological polar surface area (TPSA) is 48.6 Å². The molecule has 1 fully saturated rings. The maximum absolute atomic E-state index is 9.40. The Kier molecular flexibility index (Phi) is 2.74. The van der Waals surface area contributed by atoms with Crippen molar-refractivity contribution in [2.45, 2.75) is 6.54 Å². The molecule has 0 saturated carbocycles. The van der Waals surface area contributed by atoms with E-state index >= 15 is 0 Å². The Morgan fingerprint density at radius 1 is 1.24 bits per heavy atom. The first kappa shape index (κ1) is 10.6. The van der Waals surface area contributed by atoms with Gasteiger partial charge in [-0.1, -0.05) is 0 Å². The van der Waals surface area contributed by atoms with Gasteiger partial charge in [0.1, 0.15) is 17.1 Å². The molecular formula is C13H16N2O2. The first-order valence-corrected chi connectivity index (χ1v) is 5.96. The largest absolute Gasteiger partial charge is 0.508 e. The summed E-state index contributed by atoms with van der Waals surface area (Å²) >= 11 is 0. The summed E-state index contributed by atoms with van der Waals surface area (Å²) < 4.78 is 5.75. The maximum Gasteiger partial charge on any atom is 0.134 e. The van der Waals surface area contributed by atoms with Gasteiger partial charge in [0, 0.05) is 31.6 Å². The zero-order valence-electron chi connectivity index (χ0n) is 9.65. The zero-order chi connectivity index (χ0) is 11.7. The molecule has 1 aliphatic heterocycles. The molecule has 0 atom stereocenters. The molecule has 4 nitrogen and oxygen atoms in total. The number of piperazine rings is 1. The summed E-state index contributed by atoms with van der Waals surface area (Å²) in [6, 6.07) is 7.21. The van der Waals surface area contributed by atoms with Crippen molar-refractivity contribution in [1.29, 1.82) is 0 Å². The SMILES string of the molecule is Oc1ccc2oc(CN3CCNCC3)cc2c1. The molecule has 2 N–H and O–H groups in total. The number of phenols is 1. The first-order valence-electron chi connectivity index (χ1n) is 5.96. The number of furan rings is 1. The number of hydrogen-bond donors (Lipinski definition) is 2. The van der Waals surface area contributed by atoms with Crippen molar-refractivity contribution in [2.75, 3.05) is 26.2 Å². The van der Waals surface area contributed by atoms with E-state index in [0.717, 1.165) is 49.5 Å². The van der Waals surface area contributed by atoms with E-state index in [1.807, 2.05) is 12.1 Å². The Hall–Kier alpha value is -1.52. The fourth-order valence-corrected chi connectivity index (χ4v) is 2.25. The maximum atomic E-state index is 9.40. The van der Waals surface area contributed by atoms with Gasteiger partial charge in [0.05, 0.1) is 6.54 Å². The fraction of sp³-hybridized carbons (Fsp3) is 0.385. The van der Waals surface area contributed by atoms with Gasteiger partial charge in [-0.2, -0.15) is 0 Å². The second-order valence-corrected chi connectivity index (χ2v) is 4.46. The van der Waals surface area contributed by atoms with Crippen LogP contribution in [0.1, 0.15) is 5.76 Å². The van der Waals surface area contributed by atoms with Crippen LogP contribution in [0.25, 0.3) is 11.0 Å². The first-order chi connectivity index (χ1) is 8.31. The van der Waals surface area contributed by atoms with Crippen LogP contribution in [0.2, 0.25) is 0 Å². The summed E-state index contributed by atoms with van der Waals surface area (Å²) in [5.74, 6) is 1.25. The van der Waals surface area contributed by atoms with Gasteiger partial charge in [0.15, 0.2) is 0 Å². The van der Waals surface area contributed by atoms with Crippen LogP contribution < -0.4 is 5.32 Å². The molecule has 1 saturated heterocycles. The Balaban J connectivity index is 1.80. The number of benzene rings is 1. The summed E-state index contributed by atoms with van der Waals surface area (Å²) in [6.45, 7) is 5.05. The lowest BCUT2D eigenvalue weighted by molar-refractivity contribution is 0.218. The van der Waals surface area contributed by atoms with Crippen LogP contribution in [0, 0.1) is 0 Å². The lowest BCUT2D eigenvalue weighted by Gasteiger charge is -2.26. The quantitative estimate of drug-likeness (QED) is 0.824. The molecule has 0 aliphatic carbocycles. The third-order valence-electron chi connectivity index (χ3n) is 3.14. The molecule has 2 heterocycles. The molecule has 0 unspecified atom stereocenters. The summed E-state index contributed by atoms with van der Waals surface area (Å²) in [7, 11) is 0. The second kappa shape index (κ2) is 4.39. The van der Waals surface area contributed by atoms with E-state index in [9.17, 15) is 5.11 Å². The van der Waals surface area contributed by atoms with Crippen LogP contribution in [0.3, 0.4) is 0 Å². The van der Waals surface area contributed by atoms with Gasteiger partial charge >= 0.3 is 0 Å². The van der Waals surface area contributed by atoms with E-state index in [1.54, 1.807) is 12.1 Å². The Labute approximate surface area is 99.8 Å². The predicted octanol–water partition coefficient (Wildman–Crippen LogP) is 1.54. The van der Waals surface area contributed by atoms with Crippen molar-refractivity contribution in [3.8, 4) is 5.75 Å². The number of rotatable bonds is 2. The number of aromatic hydroxyl groups is 1. The van der Waals surface area contributed by atoms with Gasteiger partial charge in [-0.25, -0.2) is 0 Å². The second-order valence-electron chi connectivity index (χ2n) is 4.46. The van der Waals surface area contributed by atoms with Crippen LogP contribution in [-0.4, -0.2) is 36.2 Å². The third-order valence-corrected chi connectivity index (χ3v) is 3.14. The van der Waals surface area contributed by atoms with E-state index in [1.165, 1.54) is 0 Å². The monoisotopic (exact) mass is 232 g/mol. The van der Waals surface area contributed by atoms with Gasteiger partial charge in [0.2, 0.25) is 0 Å². The predicted molar refractivity (Wildman–Crippen MR) is 66.0 cm³/mol. The molecule has 90 valence electrons. The smallest absolute Gasteiger partial charge is 0.134 e. The molecule has 2 aromatic rings. The van der Waals surface area contributed by atoms with Crippen LogP contribution in [0.15, 0.2) is 28.7 Å². The normalized spacial score (nSPS) is 17.6. The van der Waals surface area contributed by atoms with Crippen LogP contribution in [0.5, 0.6) is 5.75 Å². The Bertz CT molecular complexity index is 515. The molecule has 0 amide bonds. The molecule has 1 aromatic heterocycles. The van der Waals surface area contributed by atoms with E-state index < -0.39 is 0 Å². The van der Waals surface area contributed by atoms with Crippen molar-refractivity contribution in [1.82, 2.24) is 10.2 Å². The number of phenolic OH excluding ortho intramolecular Hbond substituents is 1. The van der Waals surface area contributed by atoms with Gasteiger partial charge in [-0.15, -0.1) is 0 Å². The number of hydrogen-bond acceptors (Lipinski definition) is 4. The highest BCUT2D eigenvalue weighted by Crippen LogP contribution is 2.24. The van der Waals surface area contributed by atoms with Gasteiger partial charge in [-0.05, 0) is 24.3 Å². The highest BCUT2D eigenvalue weighted by molar-refractivity contribution is 5.79. The van der Waals surface area contributed by atoms with Crippen LogP contribution in [0.4, 0.5) is 0 Å². The summed E-state index contributed by atoms with van der Waals surface area (Å²) in [5, 5.41) is 13.7. The zero-order valence-corrected chi connectivity index (χ0v) is 9.65. The van der Waals surface area contributed by atoms with E-state index in [2.05, 4.69) is 10.2 Å². The average molecular weight is 232 g/mol. The molecule has 0 spiro atoms. The molecular weight excluding hydrogens is 216 g/mol. The Morgan fingerprint density at radius 2 is 2.06 bits per heavy atom. The highest BCUT2D eigenvalue weighted by atomic mass is 16.3. The van der Waals surface area contributed by atoms with Gasteiger partial charge in [0.25, 0.3) is 0 Å². The summed E-state index contributed by atoms with van der Waals surface area (Å²) in [6.07, 6.45) is 0. The highest BCUT2D eigenvalue weighted by Gasteiger charge is 2.12.